The zero-order valence-corrected chi connectivity index (χ0v) is 16.3. The van der Waals surface area contributed by atoms with Crippen LogP contribution in [0.15, 0.2) is 53.1 Å². The van der Waals surface area contributed by atoms with E-state index in [4.69, 9.17) is 4.42 Å². The number of anilines is 1. The number of oxazole rings is 1. The Morgan fingerprint density at radius 2 is 2.10 bits per heavy atom. The number of carbonyl (C=O) groups is 1. The fourth-order valence-corrected chi connectivity index (χ4v) is 3.64. The summed E-state index contributed by atoms with van der Waals surface area (Å²) in [5, 5.41) is 2.90. The number of imidazole rings is 1. The molecule has 7 heteroatoms. The third-order valence-electron chi connectivity index (χ3n) is 5.53. The minimum absolute atomic E-state index is 0.140. The number of carbonyl (C=O) groups excluding carboxylic acids is 1. The van der Waals surface area contributed by atoms with Crippen molar-refractivity contribution in [3.63, 3.8) is 0 Å². The molecular weight excluding hydrogens is 383 g/mol. The molecule has 1 fully saturated rings. The number of rotatable bonds is 6. The van der Waals surface area contributed by atoms with Crippen LogP contribution in [0.4, 0.5) is 10.1 Å². The van der Waals surface area contributed by atoms with E-state index in [2.05, 4.69) is 20.3 Å². The lowest BCUT2D eigenvalue weighted by Crippen LogP contribution is -2.12. The highest BCUT2D eigenvalue weighted by molar-refractivity contribution is 5.93. The van der Waals surface area contributed by atoms with Gasteiger partial charge in [0.1, 0.15) is 11.6 Å². The van der Waals surface area contributed by atoms with Crippen molar-refractivity contribution in [1.29, 1.82) is 0 Å². The van der Waals surface area contributed by atoms with Gasteiger partial charge in [-0.25, -0.2) is 14.4 Å². The van der Waals surface area contributed by atoms with E-state index in [0.717, 1.165) is 22.5 Å². The molecule has 152 valence electrons. The maximum atomic E-state index is 13.9. The van der Waals surface area contributed by atoms with Gasteiger partial charge in [-0.15, -0.1) is 0 Å². The van der Waals surface area contributed by atoms with Crippen LogP contribution in [-0.4, -0.2) is 20.9 Å². The van der Waals surface area contributed by atoms with Crippen molar-refractivity contribution in [2.24, 2.45) is 0 Å². The van der Waals surface area contributed by atoms with Gasteiger partial charge in [-0.05, 0) is 43.2 Å². The third-order valence-corrected chi connectivity index (χ3v) is 5.53. The predicted octanol–water partition coefficient (Wildman–Crippen LogP) is 5.20. The second kappa shape index (κ2) is 7.74. The number of aromatic amines is 1. The summed E-state index contributed by atoms with van der Waals surface area (Å²) >= 11 is 0. The van der Waals surface area contributed by atoms with Crippen LogP contribution in [-0.2, 0) is 11.2 Å². The predicted molar refractivity (Wildman–Crippen MR) is 112 cm³/mol. The number of nitrogens with one attached hydrogen (secondary N) is 2. The van der Waals surface area contributed by atoms with Crippen molar-refractivity contribution < 1.29 is 13.6 Å². The van der Waals surface area contributed by atoms with E-state index in [-0.39, 0.29) is 18.1 Å². The van der Waals surface area contributed by atoms with Crippen molar-refractivity contribution >= 4 is 22.6 Å². The highest BCUT2D eigenvalue weighted by Gasteiger charge is 2.22. The normalized spacial score (nSPS) is 14.0. The number of aryl methyl sites for hydroxylation is 1. The van der Waals surface area contributed by atoms with Crippen molar-refractivity contribution in [2.75, 3.05) is 5.32 Å². The minimum Gasteiger partial charge on any atom is -0.441 e. The van der Waals surface area contributed by atoms with E-state index in [0.29, 0.717) is 29.6 Å². The van der Waals surface area contributed by atoms with Gasteiger partial charge in [0.15, 0.2) is 11.7 Å². The van der Waals surface area contributed by atoms with Gasteiger partial charge in [0.2, 0.25) is 5.91 Å². The van der Waals surface area contributed by atoms with Gasteiger partial charge in [-0.1, -0.05) is 18.6 Å². The molecule has 0 spiro atoms. The van der Waals surface area contributed by atoms with Gasteiger partial charge in [0.05, 0.1) is 22.8 Å². The summed E-state index contributed by atoms with van der Waals surface area (Å²) in [7, 11) is 0. The molecule has 1 aliphatic rings. The summed E-state index contributed by atoms with van der Waals surface area (Å²) in [6.45, 7) is 0. The Labute approximate surface area is 172 Å². The van der Waals surface area contributed by atoms with E-state index in [1.165, 1.54) is 31.5 Å². The molecule has 2 aromatic heterocycles. The van der Waals surface area contributed by atoms with Crippen molar-refractivity contribution in [1.82, 2.24) is 15.0 Å². The molecule has 0 atom stereocenters. The van der Waals surface area contributed by atoms with Crippen LogP contribution in [0, 0.1) is 5.82 Å². The Morgan fingerprint density at radius 1 is 1.23 bits per heavy atom. The molecule has 0 radical (unpaired) electrons. The molecule has 1 saturated carbocycles. The Bertz CT molecular complexity index is 1210. The SMILES string of the molecule is O=C(CCc1ncc(-c2ccccc2F)o1)Nc1ccc2nc(C3CCC3)[nH]c2c1. The molecule has 0 bridgehead atoms. The monoisotopic (exact) mass is 404 g/mol. The lowest BCUT2D eigenvalue weighted by Gasteiger charge is -2.22. The molecule has 1 amide bonds. The number of hydrogen-bond acceptors (Lipinski definition) is 4. The molecule has 0 saturated heterocycles. The van der Waals surface area contributed by atoms with E-state index < -0.39 is 0 Å². The number of H-pyrrole nitrogens is 1. The molecule has 1 aliphatic carbocycles. The molecule has 5 rings (SSSR count). The quantitative estimate of drug-likeness (QED) is 0.463. The van der Waals surface area contributed by atoms with Gasteiger partial charge in [0.25, 0.3) is 0 Å². The average molecular weight is 404 g/mol. The van der Waals surface area contributed by atoms with Crippen LogP contribution >= 0.6 is 0 Å². The summed E-state index contributed by atoms with van der Waals surface area (Å²) in [5.41, 5.74) is 2.91. The van der Waals surface area contributed by atoms with Crippen LogP contribution in [0.2, 0.25) is 0 Å². The van der Waals surface area contributed by atoms with Crippen LogP contribution in [0.5, 0.6) is 0 Å². The van der Waals surface area contributed by atoms with Crippen molar-refractivity contribution in [3.05, 3.63) is 66.2 Å². The average Bonchev–Trinajstić information content (AvgIpc) is 3.32. The first-order valence-electron chi connectivity index (χ1n) is 10.1. The number of halogens is 1. The van der Waals surface area contributed by atoms with E-state index in [1.807, 2.05) is 18.2 Å². The smallest absolute Gasteiger partial charge is 0.224 e. The Balaban J connectivity index is 1.21. The van der Waals surface area contributed by atoms with Gasteiger partial charge >= 0.3 is 0 Å². The molecule has 2 aromatic carbocycles. The third kappa shape index (κ3) is 3.70. The standard InChI is InChI=1S/C23H21FN4O2/c24-17-7-2-1-6-16(17)20-13-25-22(30-20)11-10-21(29)26-15-8-9-18-19(12-15)28-23(27-18)14-4-3-5-14/h1-2,6-9,12-14H,3-5,10-11H2,(H,26,29)(H,27,28). The molecular formula is C23H21FN4O2. The maximum absolute atomic E-state index is 13.9. The lowest BCUT2D eigenvalue weighted by atomic mass is 9.85. The largest absolute Gasteiger partial charge is 0.441 e. The molecule has 2 heterocycles. The molecule has 2 N–H and O–H groups in total. The summed E-state index contributed by atoms with van der Waals surface area (Å²) in [5.74, 6) is 1.82. The molecule has 30 heavy (non-hydrogen) atoms. The minimum atomic E-state index is -0.368. The first kappa shape index (κ1) is 18.5. The Kier molecular flexibility index (Phi) is 4.78. The summed E-state index contributed by atoms with van der Waals surface area (Å²) in [6, 6.07) is 12.0. The highest BCUT2D eigenvalue weighted by atomic mass is 19.1. The number of amides is 1. The zero-order valence-electron chi connectivity index (χ0n) is 16.3. The van der Waals surface area contributed by atoms with Gasteiger partial charge in [-0.2, -0.15) is 0 Å². The van der Waals surface area contributed by atoms with Crippen LogP contribution in [0.3, 0.4) is 0 Å². The number of aromatic nitrogens is 3. The van der Waals surface area contributed by atoms with Crippen LogP contribution in [0.25, 0.3) is 22.4 Å². The Morgan fingerprint density at radius 3 is 2.90 bits per heavy atom. The first-order chi connectivity index (χ1) is 14.7. The zero-order chi connectivity index (χ0) is 20.5. The van der Waals surface area contributed by atoms with Gasteiger partial charge in [-0.3, -0.25) is 4.79 Å². The van der Waals surface area contributed by atoms with E-state index in [9.17, 15) is 9.18 Å². The summed E-state index contributed by atoms with van der Waals surface area (Å²) < 4.78 is 19.5. The highest BCUT2D eigenvalue weighted by Crippen LogP contribution is 2.35. The second-order valence-electron chi connectivity index (χ2n) is 7.63. The topological polar surface area (TPSA) is 83.8 Å². The number of nitrogens with zero attached hydrogens (tertiary/aromatic N) is 2. The Hall–Kier alpha value is -3.48. The van der Waals surface area contributed by atoms with Crippen molar-refractivity contribution in [2.45, 2.75) is 38.0 Å². The first-order valence-corrected chi connectivity index (χ1v) is 10.1. The number of fused-ring (bicyclic) bond motifs is 1. The van der Waals surface area contributed by atoms with Gasteiger partial charge in [0, 0.05) is 24.4 Å². The fraction of sp³-hybridized carbons (Fsp3) is 0.261. The van der Waals surface area contributed by atoms with E-state index >= 15 is 0 Å². The van der Waals surface area contributed by atoms with Gasteiger partial charge < -0.3 is 14.7 Å². The van der Waals surface area contributed by atoms with E-state index in [1.54, 1.807) is 18.2 Å². The number of hydrogen-bond donors (Lipinski definition) is 2. The second-order valence-corrected chi connectivity index (χ2v) is 7.63. The maximum Gasteiger partial charge on any atom is 0.224 e. The summed E-state index contributed by atoms with van der Waals surface area (Å²) in [6.07, 6.45) is 5.66. The lowest BCUT2D eigenvalue weighted by molar-refractivity contribution is -0.116. The molecule has 0 aliphatic heterocycles. The summed E-state index contributed by atoms with van der Waals surface area (Å²) in [4.78, 5) is 24.5. The van der Waals surface area contributed by atoms with Crippen LogP contribution in [0.1, 0.15) is 43.3 Å². The van der Waals surface area contributed by atoms with Crippen LogP contribution < -0.4 is 5.32 Å². The number of benzene rings is 2. The fourth-order valence-electron chi connectivity index (χ4n) is 3.64. The molecule has 0 unspecified atom stereocenters. The molecule has 6 nitrogen and oxygen atoms in total. The molecule has 4 aromatic rings. The van der Waals surface area contributed by atoms with Crippen molar-refractivity contribution in [3.8, 4) is 11.3 Å².